The Morgan fingerprint density at radius 2 is 1.68 bits per heavy atom. The van der Waals surface area contributed by atoms with Crippen LogP contribution in [0.3, 0.4) is 0 Å². The summed E-state index contributed by atoms with van der Waals surface area (Å²) >= 11 is 1.54. The number of hydrogen-bond donors (Lipinski definition) is 1. The fraction of sp³-hybridized carbons (Fsp3) is 0.520. The van der Waals surface area contributed by atoms with Crippen molar-refractivity contribution in [1.29, 1.82) is 0 Å². The minimum Gasteiger partial charge on any atom is -0.392 e. The molecule has 0 spiro atoms. The lowest BCUT2D eigenvalue weighted by atomic mass is 9.68. The molecule has 3 nitrogen and oxygen atoms in total. The van der Waals surface area contributed by atoms with Gasteiger partial charge in [-0.2, -0.15) is 0 Å². The number of hydrogen-bond acceptors (Lipinski definition) is 4. The van der Waals surface area contributed by atoms with Crippen LogP contribution in [-0.4, -0.2) is 31.6 Å². The van der Waals surface area contributed by atoms with Gasteiger partial charge in [-0.15, -0.1) is 11.8 Å². The summed E-state index contributed by atoms with van der Waals surface area (Å²) in [6.45, 7) is 4.17. The first kappa shape index (κ1) is 24.3. The summed E-state index contributed by atoms with van der Waals surface area (Å²) in [4.78, 5) is 1.25. The number of benzene rings is 2. The molecule has 0 aliphatic carbocycles. The van der Waals surface area contributed by atoms with Crippen molar-refractivity contribution in [3.63, 3.8) is 0 Å². The van der Waals surface area contributed by atoms with E-state index in [9.17, 15) is 17.9 Å². The molecule has 3 rings (SSSR count). The molecule has 0 fully saturated rings. The third kappa shape index (κ3) is 5.01. The number of sulfone groups is 1. The van der Waals surface area contributed by atoms with E-state index in [1.807, 2.05) is 18.4 Å². The van der Waals surface area contributed by atoms with Crippen LogP contribution < -0.4 is 0 Å². The fourth-order valence-corrected chi connectivity index (χ4v) is 7.54. The SMILES string of the molecule is CCCCC1(CCCC)CS(=O)(=O)c2ccc(SC)cc2[C@@H](c2ccc(F)cc2)C1O. The van der Waals surface area contributed by atoms with Crippen molar-refractivity contribution in [2.75, 3.05) is 12.0 Å². The second-order valence-electron chi connectivity index (χ2n) is 8.71. The molecule has 1 N–H and O–H groups in total. The second-order valence-corrected chi connectivity index (χ2v) is 11.5. The summed E-state index contributed by atoms with van der Waals surface area (Å²) < 4.78 is 41.0. The lowest BCUT2D eigenvalue weighted by molar-refractivity contribution is 0.0126. The Labute approximate surface area is 190 Å². The lowest BCUT2D eigenvalue weighted by Crippen LogP contribution is -2.43. The first-order chi connectivity index (χ1) is 14.8. The van der Waals surface area contributed by atoms with Gasteiger partial charge in [-0.1, -0.05) is 51.7 Å². The summed E-state index contributed by atoms with van der Waals surface area (Å²) in [6.07, 6.45) is 5.98. The molecule has 0 aromatic heterocycles. The van der Waals surface area contributed by atoms with E-state index in [0.29, 0.717) is 23.3 Å². The van der Waals surface area contributed by atoms with Gasteiger partial charge >= 0.3 is 0 Å². The lowest BCUT2D eigenvalue weighted by Gasteiger charge is -2.40. The number of halogens is 1. The molecule has 1 aliphatic heterocycles. The molecule has 31 heavy (non-hydrogen) atoms. The van der Waals surface area contributed by atoms with Crippen molar-refractivity contribution >= 4 is 21.6 Å². The van der Waals surface area contributed by atoms with Crippen molar-refractivity contribution < 1.29 is 17.9 Å². The van der Waals surface area contributed by atoms with Crippen molar-refractivity contribution in [3.05, 3.63) is 59.4 Å². The number of unbranched alkanes of at least 4 members (excludes halogenated alkanes) is 2. The molecule has 1 aliphatic rings. The zero-order chi connectivity index (χ0) is 22.6. The Balaban J connectivity index is 2.28. The van der Waals surface area contributed by atoms with Gasteiger partial charge in [0, 0.05) is 16.2 Å². The summed E-state index contributed by atoms with van der Waals surface area (Å²) in [5.41, 5.74) is 0.645. The standard InChI is InChI=1S/C25H33FO3S2/c1-4-6-14-25(15-7-5-2)17-31(28,29)22-13-12-20(30-3)16-21(22)23(24(25)27)18-8-10-19(26)11-9-18/h8-13,16,23-24,27H,4-7,14-15,17H2,1-3H3/t23-,24?/m1/s1. The first-order valence-electron chi connectivity index (χ1n) is 11.1. The monoisotopic (exact) mass is 464 g/mol. The quantitative estimate of drug-likeness (QED) is 0.473. The second kappa shape index (κ2) is 10.1. The van der Waals surface area contributed by atoms with Gasteiger partial charge in [-0.3, -0.25) is 0 Å². The highest BCUT2D eigenvalue weighted by Crippen LogP contribution is 2.50. The van der Waals surface area contributed by atoms with Crippen LogP contribution in [-0.2, 0) is 9.84 Å². The third-order valence-corrected chi connectivity index (χ3v) is 9.32. The highest BCUT2D eigenvalue weighted by Gasteiger charge is 2.49. The van der Waals surface area contributed by atoms with Crippen molar-refractivity contribution in [3.8, 4) is 0 Å². The van der Waals surface area contributed by atoms with Gasteiger partial charge in [0.1, 0.15) is 5.82 Å². The third-order valence-electron chi connectivity index (χ3n) is 6.59. The highest BCUT2D eigenvalue weighted by molar-refractivity contribution is 7.98. The van der Waals surface area contributed by atoms with Crippen molar-refractivity contribution in [2.45, 2.75) is 74.2 Å². The minimum atomic E-state index is -3.60. The first-order valence-corrected chi connectivity index (χ1v) is 14.0. The van der Waals surface area contributed by atoms with Crippen LogP contribution in [0.15, 0.2) is 52.3 Å². The van der Waals surface area contributed by atoms with Crippen molar-refractivity contribution in [1.82, 2.24) is 0 Å². The van der Waals surface area contributed by atoms with E-state index in [4.69, 9.17) is 0 Å². The number of fused-ring (bicyclic) bond motifs is 1. The molecule has 2 aromatic carbocycles. The smallest absolute Gasteiger partial charge is 0.179 e. The topological polar surface area (TPSA) is 54.4 Å². The summed E-state index contributed by atoms with van der Waals surface area (Å²) in [6, 6.07) is 11.6. The van der Waals surface area contributed by atoms with Crippen LogP contribution >= 0.6 is 11.8 Å². The van der Waals surface area contributed by atoms with Gasteiger partial charge in [0.15, 0.2) is 9.84 Å². The molecule has 0 saturated carbocycles. The molecule has 0 saturated heterocycles. The number of aliphatic hydroxyl groups excluding tert-OH is 1. The minimum absolute atomic E-state index is 0.0511. The molecule has 1 heterocycles. The zero-order valence-electron chi connectivity index (χ0n) is 18.6. The van der Waals surface area contributed by atoms with Crippen LogP contribution in [0.1, 0.15) is 69.4 Å². The van der Waals surface area contributed by atoms with E-state index in [1.165, 1.54) is 12.1 Å². The van der Waals surface area contributed by atoms with Crippen LogP contribution in [0, 0.1) is 11.2 Å². The van der Waals surface area contributed by atoms with Gasteiger partial charge in [0.2, 0.25) is 0 Å². The predicted octanol–water partition coefficient (Wildman–Crippen LogP) is 6.19. The van der Waals surface area contributed by atoms with Crippen LogP contribution in [0.5, 0.6) is 0 Å². The fourth-order valence-electron chi connectivity index (χ4n) is 4.90. The molecular weight excluding hydrogens is 431 g/mol. The van der Waals surface area contributed by atoms with Gasteiger partial charge < -0.3 is 5.11 Å². The van der Waals surface area contributed by atoms with E-state index in [2.05, 4.69) is 13.8 Å². The Morgan fingerprint density at radius 3 is 2.23 bits per heavy atom. The Morgan fingerprint density at radius 1 is 1.06 bits per heavy atom. The van der Waals surface area contributed by atoms with E-state index in [-0.39, 0.29) is 11.6 Å². The molecule has 6 heteroatoms. The average molecular weight is 465 g/mol. The maximum absolute atomic E-state index is 13.7. The molecule has 0 amide bonds. The zero-order valence-corrected chi connectivity index (χ0v) is 20.2. The highest BCUT2D eigenvalue weighted by atomic mass is 32.2. The normalized spacial score (nSPS) is 22.0. The Kier molecular flexibility index (Phi) is 7.87. The maximum atomic E-state index is 13.7. The molecule has 1 unspecified atom stereocenters. The van der Waals surface area contributed by atoms with Gasteiger partial charge in [0.05, 0.1) is 16.8 Å². The Hall–Kier alpha value is -1.37. The molecule has 170 valence electrons. The van der Waals surface area contributed by atoms with Gasteiger partial charge in [0.25, 0.3) is 0 Å². The maximum Gasteiger partial charge on any atom is 0.179 e. The summed E-state index contributed by atoms with van der Waals surface area (Å²) in [5, 5.41) is 11.9. The largest absolute Gasteiger partial charge is 0.392 e. The molecule has 0 bridgehead atoms. The summed E-state index contributed by atoms with van der Waals surface area (Å²) in [5.74, 6) is -0.917. The molecule has 0 radical (unpaired) electrons. The van der Waals surface area contributed by atoms with Crippen molar-refractivity contribution in [2.24, 2.45) is 5.41 Å². The van der Waals surface area contributed by atoms with Crippen LogP contribution in [0.25, 0.3) is 0 Å². The molecule has 2 aromatic rings. The van der Waals surface area contributed by atoms with Crippen LogP contribution in [0.4, 0.5) is 4.39 Å². The Bertz CT molecular complexity index is 978. The molecule has 2 atom stereocenters. The predicted molar refractivity (Wildman–Crippen MR) is 126 cm³/mol. The van der Waals surface area contributed by atoms with Gasteiger partial charge in [-0.05, 0) is 60.6 Å². The van der Waals surface area contributed by atoms with E-state index < -0.39 is 27.3 Å². The summed E-state index contributed by atoms with van der Waals surface area (Å²) in [7, 11) is -3.60. The number of thioether (sulfide) groups is 1. The number of aliphatic hydroxyl groups is 1. The van der Waals surface area contributed by atoms with Crippen LogP contribution in [0.2, 0.25) is 0 Å². The van der Waals surface area contributed by atoms with E-state index in [1.54, 1.807) is 30.0 Å². The number of rotatable bonds is 8. The van der Waals surface area contributed by atoms with E-state index >= 15 is 0 Å². The molecular formula is C25H33FO3S2. The average Bonchev–Trinajstić information content (AvgIpc) is 2.83. The van der Waals surface area contributed by atoms with E-state index in [0.717, 1.165) is 36.1 Å². The van der Waals surface area contributed by atoms with Gasteiger partial charge in [-0.25, -0.2) is 12.8 Å².